The number of nitrogens with zero attached hydrogens (tertiary/aromatic N) is 2. The smallest absolute Gasteiger partial charge is 0.256 e. The summed E-state index contributed by atoms with van der Waals surface area (Å²) in [5.74, 6) is -0.299. The number of carbonyl (C=O) groups is 1. The van der Waals surface area contributed by atoms with Crippen molar-refractivity contribution in [3.8, 4) is 0 Å². The molecule has 0 saturated carbocycles. The standard InChI is InChI=1S/C15H13Cl3N2O3S2/c16-10-2-1-3-11(17)14(10)15(21)19-6-8-20(9-7-19)25(22,23)13-5-4-12(18)24-13/h1-5H,6-9H2. The first-order chi connectivity index (χ1) is 11.8. The Hall–Kier alpha value is -0.830. The van der Waals surface area contributed by atoms with Crippen LogP contribution in [0.1, 0.15) is 10.4 Å². The molecule has 0 atom stereocenters. The van der Waals surface area contributed by atoms with E-state index in [4.69, 9.17) is 34.8 Å². The van der Waals surface area contributed by atoms with Gasteiger partial charge in [0.25, 0.3) is 15.9 Å². The van der Waals surface area contributed by atoms with E-state index in [1.807, 2.05) is 0 Å². The summed E-state index contributed by atoms with van der Waals surface area (Å²) >= 11 is 19.0. The Labute approximate surface area is 164 Å². The largest absolute Gasteiger partial charge is 0.336 e. The molecule has 1 saturated heterocycles. The van der Waals surface area contributed by atoms with Crippen molar-refractivity contribution in [3.05, 3.63) is 50.3 Å². The molecule has 10 heteroatoms. The van der Waals surface area contributed by atoms with Crippen LogP contribution in [-0.4, -0.2) is 49.7 Å². The minimum Gasteiger partial charge on any atom is -0.336 e. The first kappa shape index (κ1) is 18.9. The Morgan fingerprint density at radius 3 is 2.08 bits per heavy atom. The highest BCUT2D eigenvalue weighted by atomic mass is 35.5. The van der Waals surface area contributed by atoms with E-state index in [1.165, 1.54) is 10.4 Å². The fourth-order valence-electron chi connectivity index (χ4n) is 2.56. The van der Waals surface area contributed by atoms with Crippen molar-refractivity contribution in [1.82, 2.24) is 9.21 Å². The Morgan fingerprint density at radius 2 is 1.56 bits per heavy atom. The maximum absolute atomic E-state index is 12.6. The van der Waals surface area contributed by atoms with Crippen molar-refractivity contribution < 1.29 is 13.2 Å². The molecule has 1 aliphatic rings. The average Bonchev–Trinajstić information content (AvgIpc) is 3.02. The normalized spacial score (nSPS) is 16.2. The van der Waals surface area contributed by atoms with Crippen LogP contribution in [0.15, 0.2) is 34.5 Å². The molecule has 1 aromatic heterocycles. The summed E-state index contributed by atoms with van der Waals surface area (Å²) < 4.78 is 27.1. The second kappa shape index (κ2) is 7.42. The third kappa shape index (κ3) is 3.82. The summed E-state index contributed by atoms with van der Waals surface area (Å²) in [5, 5.41) is 0.557. The predicted molar refractivity (Wildman–Crippen MR) is 100 cm³/mol. The van der Waals surface area contributed by atoms with Crippen molar-refractivity contribution in [1.29, 1.82) is 0 Å². The van der Waals surface area contributed by atoms with Gasteiger partial charge >= 0.3 is 0 Å². The van der Waals surface area contributed by atoms with Crippen LogP contribution in [0.5, 0.6) is 0 Å². The lowest BCUT2D eigenvalue weighted by Crippen LogP contribution is -2.50. The second-order valence-electron chi connectivity index (χ2n) is 5.35. The third-order valence-electron chi connectivity index (χ3n) is 3.85. The Morgan fingerprint density at radius 1 is 0.960 bits per heavy atom. The Balaban J connectivity index is 1.73. The van der Waals surface area contributed by atoms with Crippen LogP contribution >= 0.6 is 46.1 Å². The van der Waals surface area contributed by atoms with E-state index in [2.05, 4.69) is 0 Å². The summed E-state index contributed by atoms with van der Waals surface area (Å²) in [4.78, 5) is 14.2. The molecule has 2 aromatic rings. The van der Waals surface area contributed by atoms with E-state index in [0.717, 1.165) is 11.3 Å². The first-order valence-corrected chi connectivity index (χ1v) is 10.7. The van der Waals surface area contributed by atoms with Gasteiger partial charge in [0.05, 0.1) is 19.9 Å². The molecule has 0 unspecified atom stereocenters. The number of thiophene rings is 1. The van der Waals surface area contributed by atoms with E-state index in [9.17, 15) is 13.2 Å². The molecule has 0 N–H and O–H groups in total. The van der Waals surface area contributed by atoms with Crippen molar-refractivity contribution in [2.24, 2.45) is 0 Å². The van der Waals surface area contributed by atoms with Gasteiger partial charge in [0.15, 0.2) is 0 Å². The molecule has 0 aliphatic carbocycles. The Kier molecular flexibility index (Phi) is 5.63. The number of benzene rings is 1. The van der Waals surface area contributed by atoms with E-state index < -0.39 is 10.0 Å². The number of piperazine rings is 1. The molecule has 25 heavy (non-hydrogen) atoms. The highest BCUT2D eigenvalue weighted by Crippen LogP contribution is 2.30. The molecule has 134 valence electrons. The Bertz CT molecular complexity index is 886. The molecule has 1 aromatic carbocycles. The van der Waals surface area contributed by atoms with Crippen LogP contribution in [0, 0.1) is 0 Å². The molecule has 1 amide bonds. The van der Waals surface area contributed by atoms with Crippen LogP contribution in [0.4, 0.5) is 0 Å². The molecule has 0 radical (unpaired) electrons. The summed E-state index contributed by atoms with van der Waals surface area (Å²) in [7, 11) is -3.59. The molecule has 1 aliphatic heterocycles. The van der Waals surface area contributed by atoms with Gasteiger partial charge in [-0.05, 0) is 24.3 Å². The van der Waals surface area contributed by atoms with Gasteiger partial charge in [-0.3, -0.25) is 4.79 Å². The molecule has 2 heterocycles. The van der Waals surface area contributed by atoms with Gasteiger partial charge in [-0.25, -0.2) is 8.42 Å². The maximum Gasteiger partial charge on any atom is 0.256 e. The average molecular weight is 440 g/mol. The zero-order chi connectivity index (χ0) is 18.2. The number of carbonyl (C=O) groups excluding carboxylic acids is 1. The van der Waals surface area contributed by atoms with Crippen LogP contribution in [0.2, 0.25) is 14.4 Å². The molecule has 5 nitrogen and oxygen atoms in total. The number of hydrogen-bond acceptors (Lipinski definition) is 4. The highest BCUT2D eigenvalue weighted by molar-refractivity contribution is 7.91. The molecule has 1 fully saturated rings. The maximum atomic E-state index is 12.6. The van der Waals surface area contributed by atoms with Gasteiger partial charge in [-0.2, -0.15) is 4.31 Å². The fraction of sp³-hybridized carbons (Fsp3) is 0.267. The van der Waals surface area contributed by atoms with Gasteiger partial charge < -0.3 is 4.90 Å². The molecule has 3 rings (SSSR count). The number of sulfonamides is 1. The molecular weight excluding hydrogens is 427 g/mol. The van der Waals surface area contributed by atoms with Crippen LogP contribution in [0.25, 0.3) is 0 Å². The molecular formula is C15H13Cl3N2O3S2. The quantitative estimate of drug-likeness (QED) is 0.730. The van der Waals surface area contributed by atoms with Crippen molar-refractivity contribution in [2.75, 3.05) is 26.2 Å². The minimum absolute atomic E-state index is 0.200. The summed E-state index contributed by atoms with van der Waals surface area (Å²) in [6, 6.07) is 7.91. The lowest BCUT2D eigenvalue weighted by molar-refractivity contribution is 0.0698. The van der Waals surface area contributed by atoms with E-state index >= 15 is 0 Å². The zero-order valence-corrected chi connectivity index (χ0v) is 16.7. The zero-order valence-electron chi connectivity index (χ0n) is 12.8. The van der Waals surface area contributed by atoms with Crippen LogP contribution < -0.4 is 0 Å². The minimum atomic E-state index is -3.59. The van der Waals surface area contributed by atoms with Crippen LogP contribution in [-0.2, 0) is 10.0 Å². The van der Waals surface area contributed by atoms with E-state index in [0.29, 0.717) is 4.34 Å². The van der Waals surface area contributed by atoms with Gasteiger partial charge in [-0.15, -0.1) is 11.3 Å². The lowest BCUT2D eigenvalue weighted by Gasteiger charge is -2.34. The fourth-order valence-corrected chi connectivity index (χ4v) is 6.17. The third-order valence-corrected chi connectivity index (χ3v) is 8.07. The second-order valence-corrected chi connectivity index (χ2v) is 10.0. The van der Waals surface area contributed by atoms with Gasteiger partial charge in [0, 0.05) is 26.2 Å². The first-order valence-electron chi connectivity index (χ1n) is 7.29. The van der Waals surface area contributed by atoms with E-state index in [1.54, 1.807) is 29.2 Å². The van der Waals surface area contributed by atoms with Gasteiger partial charge in [0.1, 0.15) is 4.21 Å². The monoisotopic (exact) mass is 438 g/mol. The molecule has 0 bridgehead atoms. The van der Waals surface area contributed by atoms with Crippen LogP contribution in [0.3, 0.4) is 0 Å². The number of halogens is 3. The van der Waals surface area contributed by atoms with E-state index in [-0.39, 0.29) is 51.9 Å². The van der Waals surface area contributed by atoms with Gasteiger partial charge in [0.2, 0.25) is 0 Å². The van der Waals surface area contributed by atoms with Crippen molar-refractivity contribution >= 4 is 62.1 Å². The van der Waals surface area contributed by atoms with Crippen molar-refractivity contribution in [2.45, 2.75) is 4.21 Å². The van der Waals surface area contributed by atoms with Gasteiger partial charge in [-0.1, -0.05) is 40.9 Å². The number of amides is 1. The lowest BCUT2D eigenvalue weighted by atomic mass is 10.2. The highest BCUT2D eigenvalue weighted by Gasteiger charge is 2.32. The summed E-state index contributed by atoms with van der Waals surface area (Å²) in [6.07, 6.45) is 0. The summed E-state index contributed by atoms with van der Waals surface area (Å²) in [6.45, 7) is 0.925. The SMILES string of the molecule is O=C(c1c(Cl)cccc1Cl)N1CCN(S(=O)(=O)c2ccc(Cl)s2)CC1. The summed E-state index contributed by atoms with van der Waals surface area (Å²) in [5.41, 5.74) is 0.243. The number of rotatable bonds is 3. The predicted octanol–water partition coefficient (Wildman–Crippen LogP) is 3.86. The number of hydrogen-bond donors (Lipinski definition) is 0. The van der Waals surface area contributed by atoms with Crippen molar-refractivity contribution in [3.63, 3.8) is 0 Å². The molecule has 0 spiro atoms. The topological polar surface area (TPSA) is 57.7 Å².